The summed E-state index contributed by atoms with van der Waals surface area (Å²) in [5.74, 6) is 1.58. The van der Waals surface area contributed by atoms with Crippen LogP contribution in [0.1, 0.15) is 23.8 Å². The summed E-state index contributed by atoms with van der Waals surface area (Å²) in [6, 6.07) is 11.2. The molecule has 0 saturated carbocycles. The van der Waals surface area contributed by atoms with E-state index >= 15 is 0 Å². The van der Waals surface area contributed by atoms with Gasteiger partial charge in [-0.1, -0.05) is 0 Å². The van der Waals surface area contributed by atoms with Crippen molar-refractivity contribution in [3.8, 4) is 17.0 Å². The van der Waals surface area contributed by atoms with Crippen molar-refractivity contribution in [2.24, 2.45) is 19.2 Å². The quantitative estimate of drug-likeness (QED) is 0.468. The number of aromatic nitrogens is 3. The molecule has 0 radical (unpaired) electrons. The van der Waals surface area contributed by atoms with E-state index < -0.39 is 11.2 Å². The lowest BCUT2D eigenvalue weighted by Crippen LogP contribution is -2.39. The summed E-state index contributed by atoms with van der Waals surface area (Å²) < 4.78 is 13.2. The molecule has 3 aromatic heterocycles. The third kappa shape index (κ3) is 3.50. The third-order valence-electron chi connectivity index (χ3n) is 5.86. The Morgan fingerprint density at radius 3 is 2.59 bits per heavy atom. The van der Waals surface area contributed by atoms with E-state index in [4.69, 9.17) is 20.0 Å². The van der Waals surface area contributed by atoms with Crippen molar-refractivity contribution in [1.29, 1.82) is 0 Å². The van der Waals surface area contributed by atoms with Gasteiger partial charge in [-0.15, -0.1) is 11.3 Å². The van der Waals surface area contributed by atoms with E-state index in [2.05, 4.69) is 4.98 Å². The molecule has 5 rings (SSSR count). The molecule has 34 heavy (non-hydrogen) atoms. The molecule has 1 atom stereocenters. The van der Waals surface area contributed by atoms with Gasteiger partial charge in [0.25, 0.3) is 5.56 Å². The highest BCUT2D eigenvalue weighted by Crippen LogP contribution is 2.39. The molecule has 1 aromatic carbocycles. The number of benzene rings is 1. The number of methoxy groups -OCH3 is 1. The van der Waals surface area contributed by atoms with Crippen LogP contribution >= 0.6 is 11.3 Å². The predicted molar refractivity (Wildman–Crippen MR) is 131 cm³/mol. The highest BCUT2D eigenvalue weighted by atomic mass is 32.1. The van der Waals surface area contributed by atoms with Crippen molar-refractivity contribution in [3.63, 3.8) is 0 Å². The molecule has 1 aliphatic heterocycles. The summed E-state index contributed by atoms with van der Waals surface area (Å²) in [6.07, 6.45) is 2.24. The van der Waals surface area contributed by atoms with Crippen molar-refractivity contribution in [2.45, 2.75) is 12.5 Å². The maximum Gasteiger partial charge on any atom is 0.332 e. The van der Waals surface area contributed by atoms with Crippen LogP contribution in [0.3, 0.4) is 0 Å². The number of hydrogen-bond acceptors (Lipinski definition) is 9. The summed E-state index contributed by atoms with van der Waals surface area (Å²) in [5.41, 5.74) is 7.54. The maximum absolute atomic E-state index is 12.8. The van der Waals surface area contributed by atoms with E-state index in [9.17, 15) is 9.59 Å². The van der Waals surface area contributed by atoms with Gasteiger partial charge in [0, 0.05) is 25.9 Å². The van der Waals surface area contributed by atoms with E-state index in [-0.39, 0.29) is 17.4 Å². The second-order valence-corrected chi connectivity index (χ2v) is 8.67. The van der Waals surface area contributed by atoms with Gasteiger partial charge >= 0.3 is 5.69 Å². The van der Waals surface area contributed by atoms with Crippen molar-refractivity contribution < 1.29 is 9.15 Å². The Labute approximate surface area is 198 Å². The Kier molecular flexibility index (Phi) is 5.33. The fraction of sp³-hybridized carbons (Fsp3) is 0.217. The smallest absolute Gasteiger partial charge is 0.332 e. The number of nitrogens with zero attached hydrogens (tertiary/aromatic N) is 5. The van der Waals surface area contributed by atoms with Crippen molar-refractivity contribution in [2.75, 3.05) is 17.9 Å². The lowest BCUT2D eigenvalue weighted by Gasteiger charge is -2.18. The number of ether oxygens (including phenoxy) is 1. The number of hydrogen-bond donors (Lipinski definition) is 1. The number of anilines is 2. The molecule has 0 fully saturated rings. The Bertz CT molecular complexity index is 1500. The standard InChI is InChI=1S/C23H22N6O4S/c1-27-20(24)19(21(30)28(2)23(27)31)16-12-34-22(25-16)29-17(18-5-4-10-33-18)11-15(26-29)13-6-8-14(32-3)9-7-13/h4-10,12,17H,11,24H2,1-3H3/t17-/m1/s1. The Morgan fingerprint density at radius 1 is 1.15 bits per heavy atom. The van der Waals surface area contributed by atoms with Crippen LogP contribution in [-0.2, 0) is 14.1 Å². The molecule has 0 bridgehead atoms. The second kappa shape index (κ2) is 8.34. The van der Waals surface area contributed by atoms with Gasteiger partial charge in [-0.2, -0.15) is 5.10 Å². The number of furan rings is 1. The van der Waals surface area contributed by atoms with Crippen LogP contribution in [0.5, 0.6) is 5.75 Å². The molecule has 0 aliphatic carbocycles. The van der Waals surface area contributed by atoms with Gasteiger partial charge in [-0.05, 0) is 42.0 Å². The van der Waals surface area contributed by atoms with Crippen LogP contribution in [0.4, 0.5) is 10.9 Å². The summed E-state index contributed by atoms with van der Waals surface area (Å²) in [5, 5.41) is 8.97. The van der Waals surface area contributed by atoms with Crippen LogP contribution in [0.25, 0.3) is 11.3 Å². The summed E-state index contributed by atoms with van der Waals surface area (Å²) in [7, 11) is 4.56. The molecule has 0 amide bonds. The minimum absolute atomic E-state index is 0.0661. The average molecular weight is 479 g/mol. The third-order valence-corrected chi connectivity index (χ3v) is 6.69. The Morgan fingerprint density at radius 2 is 1.91 bits per heavy atom. The molecule has 4 heterocycles. The first-order chi connectivity index (χ1) is 16.4. The molecule has 4 aromatic rings. The molecule has 10 nitrogen and oxygen atoms in total. The number of thiazole rings is 1. The van der Waals surface area contributed by atoms with Crippen molar-refractivity contribution in [1.82, 2.24) is 14.1 Å². The fourth-order valence-electron chi connectivity index (χ4n) is 3.93. The van der Waals surface area contributed by atoms with Gasteiger partial charge in [-0.25, -0.2) is 14.8 Å². The average Bonchev–Trinajstić information content (AvgIpc) is 3.62. The SMILES string of the molecule is COc1ccc(C2=NN(c3nc(-c4c(N)n(C)c(=O)n(C)c4=O)cs3)[C@@H](c3ccco3)C2)cc1. The van der Waals surface area contributed by atoms with E-state index in [1.807, 2.05) is 36.4 Å². The van der Waals surface area contributed by atoms with Gasteiger partial charge in [0.05, 0.1) is 24.8 Å². The van der Waals surface area contributed by atoms with Gasteiger partial charge in [-0.3, -0.25) is 13.9 Å². The van der Waals surface area contributed by atoms with E-state index in [0.29, 0.717) is 17.2 Å². The Balaban J connectivity index is 1.57. The fourth-order valence-corrected chi connectivity index (χ4v) is 4.75. The first-order valence-corrected chi connectivity index (χ1v) is 11.3. The molecule has 174 valence electrons. The molecule has 0 saturated heterocycles. The number of nitrogens with two attached hydrogens (primary N) is 1. The summed E-state index contributed by atoms with van der Waals surface area (Å²) >= 11 is 1.33. The molecule has 11 heteroatoms. The lowest BCUT2D eigenvalue weighted by molar-refractivity contribution is 0.415. The monoisotopic (exact) mass is 478 g/mol. The molecular weight excluding hydrogens is 456 g/mol. The van der Waals surface area contributed by atoms with Crippen molar-refractivity contribution in [3.05, 3.63) is 80.2 Å². The zero-order valence-electron chi connectivity index (χ0n) is 18.8. The normalized spacial score (nSPS) is 15.6. The predicted octanol–water partition coefficient (Wildman–Crippen LogP) is 2.75. The highest BCUT2D eigenvalue weighted by Gasteiger charge is 2.34. The minimum Gasteiger partial charge on any atom is -0.497 e. The molecule has 2 N–H and O–H groups in total. The van der Waals surface area contributed by atoms with Gasteiger partial charge < -0.3 is 14.9 Å². The number of hydrazone groups is 1. The zero-order chi connectivity index (χ0) is 24.0. The van der Waals surface area contributed by atoms with Gasteiger partial charge in [0.15, 0.2) is 0 Å². The maximum atomic E-state index is 12.8. The zero-order valence-corrected chi connectivity index (χ0v) is 19.6. The van der Waals surface area contributed by atoms with Crippen LogP contribution in [0.15, 0.2) is 67.1 Å². The van der Waals surface area contributed by atoms with Crippen LogP contribution in [0.2, 0.25) is 0 Å². The van der Waals surface area contributed by atoms with Crippen molar-refractivity contribution >= 4 is 28.0 Å². The molecular formula is C23H22N6O4S. The first kappa shape index (κ1) is 21.7. The summed E-state index contributed by atoms with van der Waals surface area (Å²) in [4.78, 5) is 29.7. The topological polar surface area (TPSA) is 121 Å². The highest BCUT2D eigenvalue weighted by molar-refractivity contribution is 7.14. The largest absolute Gasteiger partial charge is 0.497 e. The second-order valence-electron chi connectivity index (χ2n) is 7.84. The Hall–Kier alpha value is -4.12. The van der Waals surface area contributed by atoms with E-state index in [0.717, 1.165) is 27.4 Å². The van der Waals surface area contributed by atoms with Crippen LogP contribution < -0.4 is 26.7 Å². The van der Waals surface area contributed by atoms with Crippen LogP contribution in [0, 0.1) is 0 Å². The molecule has 1 aliphatic rings. The number of nitrogen functional groups attached to an aromatic ring is 1. The molecule has 0 unspecified atom stereocenters. The first-order valence-electron chi connectivity index (χ1n) is 10.4. The lowest BCUT2D eigenvalue weighted by atomic mass is 10.0. The molecule has 0 spiro atoms. The minimum atomic E-state index is -0.496. The van der Waals surface area contributed by atoms with Gasteiger partial charge in [0.2, 0.25) is 5.13 Å². The van der Waals surface area contributed by atoms with E-state index in [1.165, 1.54) is 30.0 Å². The number of rotatable bonds is 5. The van der Waals surface area contributed by atoms with Crippen LogP contribution in [-0.4, -0.2) is 26.9 Å². The van der Waals surface area contributed by atoms with Gasteiger partial charge in [0.1, 0.15) is 28.9 Å². The van der Waals surface area contributed by atoms with E-state index in [1.54, 1.807) is 23.8 Å². The summed E-state index contributed by atoms with van der Waals surface area (Å²) in [6.45, 7) is 0.